The number of hydrogen-bond acceptors (Lipinski definition) is 3. The van der Waals surface area contributed by atoms with Gasteiger partial charge in [0.2, 0.25) is 5.78 Å². The summed E-state index contributed by atoms with van der Waals surface area (Å²) in [4.78, 5) is 12.9. The Kier molecular flexibility index (Phi) is 3.82. The smallest absolute Gasteiger partial charge is 0.201 e. The van der Waals surface area contributed by atoms with Crippen molar-refractivity contribution in [1.82, 2.24) is 0 Å². The van der Waals surface area contributed by atoms with Crippen LogP contribution in [0.15, 0.2) is 35.7 Å². The Morgan fingerprint density at radius 1 is 1.35 bits per heavy atom. The van der Waals surface area contributed by atoms with Crippen LogP contribution in [0.2, 0.25) is 5.02 Å². The van der Waals surface area contributed by atoms with Crippen molar-refractivity contribution in [1.29, 1.82) is 0 Å². The van der Waals surface area contributed by atoms with Gasteiger partial charge in [-0.05, 0) is 37.3 Å². The van der Waals surface area contributed by atoms with E-state index in [9.17, 15) is 4.79 Å². The number of Topliss-reactive ketones (excluding diaryl/α,β-unsaturated/α-hetero) is 1. The molecule has 0 fully saturated rings. The van der Waals surface area contributed by atoms with Crippen molar-refractivity contribution in [3.8, 4) is 5.75 Å². The van der Waals surface area contributed by atoms with Crippen molar-refractivity contribution in [2.75, 3.05) is 6.61 Å². The SMILES string of the molecule is Cc1cc(C(=O)COc2ccc(Cl)cc2)cs1. The average molecular weight is 267 g/mol. The minimum atomic E-state index is -0.00991. The van der Waals surface area contributed by atoms with Crippen molar-refractivity contribution in [2.24, 2.45) is 0 Å². The normalized spacial score (nSPS) is 10.2. The van der Waals surface area contributed by atoms with Crippen LogP contribution in [0.5, 0.6) is 5.75 Å². The van der Waals surface area contributed by atoms with Crippen LogP contribution in [0.25, 0.3) is 0 Å². The molecule has 0 radical (unpaired) electrons. The maximum atomic E-state index is 11.8. The summed E-state index contributed by atoms with van der Waals surface area (Å²) in [5.41, 5.74) is 0.710. The third-order valence-electron chi connectivity index (χ3n) is 2.24. The summed E-state index contributed by atoms with van der Waals surface area (Å²) in [5.74, 6) is 0.638. The molecule has 2 nitrogen and oxygen atoms in total. The van der Waals surface area contributed by atoms with Gasteiger partial charge in [0.25, 0.3) is 0 Å². The Labute approximate surface area is 109 Å². The van der Waals surface area contributed by atoms with Crippen LogP contribution in [0.4, 0.5) is 0 Å². The lowest BCUT2D eigenvalue weighted by Crippen LogP contribution is -2.10. The Bertz CT molecular complexity index is 516. The number of benzene rings is 1. The zero-order valence-electron chi connectivity index (χ0n) is 9.27. The number of carbonyl (C=O) groups is 1. The monoisotopic (exact) mass is 266 g/mol. The second-order valence-electron chi connectivity index (χ2n) is 3.61. The molecule has 0 saturated heterocycles. The molecule has 17 heavy (non-hydrogen) atoms. The van der Waals surface area contributed by atoms with Crippen LogP contribution in [0.3, 0.4) is 0 Å². The van der Waals surface area contributed by atoms with E-state index in [2.05, 4.69) is 0 Å². The molecular weight excluding hydrogens is 256 g/mol. The lowest BCUT2D eigenvalue weighted by atomic mass is 10.2. The third kappa shape index (κ3) is 3.32. The van der Waals surface area contributed by atoms with E-state index in [1.807, 2.05) is 18.4 Å². The van der Waals surface area contributed by atoms with Crippen LogP contribution in [0.1, 0.15) is 15.2 Å². The molecule has 0 N–H and O–H groups in total. The highest BCUT2D eigenvalue weighted by Crippen LogP contribution is 2.17. The van der Waals surface area contributed by atoms with Crippen LogP contribution in [-0.2, 0) is 0 Å². The molecule has 0 atom stereocenters. The van der Waals surface area contributed by atoms with Gasteiger partial charge in [0.1, 0.15) is 5.75 Å². The van der Waals surface area contributed by atoms with E-state index in [1.165, 1.54) is 0 Å². The van der Waals surface area contributed by atoms with E-state index in [4.69, 9.17) is 16.3 Å². The Hall–Kier alpha value is -1.32. The summed E-state index contributed by atoms with van der Waals surface area (Å²) in [7, 11) is 0. The van der Waals surface area contributed by atoms with Crippen molar-refractivity contribution in [3.05, 3.63) is 51.2 Å². The molecule has 0 aliphatic carbocycles. The van der Waals surface area contributed by atoms with E-state index in [0.717, 1.165) is 4.88 Å². The fourth-order valence-corrected chi connectivity index (χ4v) is 2.19. The van der Waals surface area contributed by atoms with E-state index >= 15 is 0 Å². The highest BCUT2D eigenvalue weighted by atomic mass is 35.5. The zero-order valence-corrected chi connectivity index (χ0v) is 10.8. The van der Waals surface area contributed by atoms with Gasteiger partial charge in [-0.2, -0.15) is 0 Å². The summed E-state index contributed by atoms with van der Waals surface area (Å²) >= 11 is 7.31. The van der Waals surface area contributed by atoms with Gasteiger partial charge in [-0.25, -0.2) is 0 Å². The predicted octanol–water partition coefficient (Wildman–Crippen LogP) is 3.97. The Balaban J connectivity index is 1.94. The first kappa shape index (κ1) is 12.1. The minimum Gasteiger partial charge on any atom is -0.485 e. The number of carbonyl (C=O) groups excluding carboxylic acids is 1. The zero-order chi connectivity index (χ0) is 12.3. The van der Waals surface area contributed by atoms with Gasteiger partial charge in [0.05, 0.1) is 0 Å². The van der Waals surface area contributed by atoms with E-state index in [1.54, 1.807) is 35.6 Å². The maximum Gasteiger partial charge on any atom is 0.201 e. The summed E-state index contributed by atoms with van der Waals surface area (Å²) in [6.07, 6.45) is 0. The van der Waals surface area contributed by atoms with E-state index < -0.39 is 0 Å². The van der Waals surface area contributed by atoms with Gasteiger partial charge < -0.3 is 4.74 Å². The molecule has 2 rings (SSSR count). The fraction of sp³-hybridized carbons (Fsp3) is 0.154. The summed E-state index contributed by atoms with van der Waals surface area (Å²) < 4.78 is 5.38. The molecule has 1 aromatic carbocycles. The molecular formula is C13H11ClO2S. The van der Waals surface area contributed by atoms with Crippen LogP contribution < -0.4 is 4.74 Å². The molecule has 88 valence electrons. The highest BCUT2D eigenvalue weighted by Gasteiger charge is 2.08. The Morgan fingerprint density at radius 2 is 2.06 bits per heavy atom. The minimum absolute atomic E-state index is 0.00991. The number of rotatable bonds is 4. The molecule has 0 spiro atoms. The second kappa shape index (κ2) is 5.34. The number of halogens is 1. The van der Waals surface area contributed by atoms with Crippen molar-refractivity contribution in [2.45, 2.75) is 6.92 Å². The standard InChI is InChI=1S/C13H11ClO2S/c1-9-6-10(8-17-9)13(15)7-16-12-4-2-11(14)3-5-12/h2-6,8H,7H2,1H3. The van der Waals surface area contributed by atoms with Gasteiger partial charge in [0, 0.05) is 20.8 Å². The molecule has 1 heterocycles. The quantitative estimate of drug-likeness (QED) is 0.783. The van der Waals surface area contributed by atoms with E-state index in [-0.39, 0.29) is 12.4 Å². The van der Waals surface area contributed by atoms with Gasteiger partial charge in [-0.3, -0.25) is 4.79 Å². The number of ether oxygens (including phenoxy) is 1. The topological polar surface area (TPSA) is 26.3 Å². The molecule has 0 unspecified atom stereocenters. The average Bonchev–Trinajstić information content (AvgIpc) is 2.75. The van der Waals surface area contributed by atoms with Crippen molar-refractivity contribution in [3.63, 3.8) is 0 Å². The first-order valence-corrected chi connectivity index (χ1v) is 6.37. The maximum absolute atomic E-state index is 11.8. The highest BCUT2D eigenvalue weighted by molar-refractivity contribution is 7.10. The fourth-order valence-electron chi connectivity index (χ4n) is 1.35. The number of hydrogen-bond donors (Lipinski definition) is 0. The van der Waals surface area contributed by atoms with Crippen LogP contribution in [0, 0.1) is 6.92 Å². The molecule has 0 amide bonds. The molecule has 2 aromatic rings. The lowest BCUT2D eigenvalue weighted by Gasteiger charge is -2.04. The molecule has 0 saturated carbocycles. The number of ketones is 1. The lowest BCUT2D eigenvalue weighted by molar-refractivity contribution is 0.0922. The van der Waals surface area contributed by atoms with Gasteiger partial charge >= 0.3 is 0 Å². The van der Waals surface area contributed by atoms with Crippen molar-refractivity contribution < 1.29 is 9.53 Å². The van der Waals surface area contributed by atoms with E-state index in [0.29, 0.717) is 16.3 Å². The molecule has 0 bridgehead atoms. The first-order valence-electron chi connectivity index (χ1n) is 5.12. The number of thiophene rings is 1. The largest absolute Gasteiger partial charge is 0.485 e. The third-order valence-corrected chi connectivity index (χ3v) is 3.35. The van der Waals surface area contributed by atoms with Crippen LogP contribution >= 0.6 is 22.9 Å². The van der Waals surface area contributed by atoms with Crippen LogP contribution in [-0.4, -0.2) is 12.4 Å². The molecule has 4 heteroatoms. The van der Waals surface area contributed by atoms with Gasteiger partial charge in [-0.1, -0.05) is 11.6 Å². The Morgan fingerprint density at radius 3 is 2.65 bits per heavy atom. The first-order chi connectivity index (χ1) is 8.15. The second-order valence-corrected chi connectivity index (χ2v) is 5.16. The van der Waals surface area contributed by atoms with Gasteiger partial charge in [0.15, 0.2) is 6.61 Å². The van der Waals surface area contributed by atoms with Gasteiger partial charge in [-0.15, -0.1) is 11.3 Å². The predicted molar refractivity (Wildman–Crippen MR) is 70.3 cm³/mol. The summed E-state index contributed by atoms with van der Waals surface area (Å²) in [6, 6.07) is 8.83. The number of aryl methyl sites for hydroxylation is 1. The summed E-state index contributed by atoms with van der Waals surface area (Å²) in [5, 5.41) is 2.50. The molecule has 0 aliphatic rings. The summed E-state index contributed by atoms with van der Waals surface area (Å²) in [6.45, 7) is 2.03. The van der Waals surface area contributed by atoms with Crippen molar-refractivity contribution >= 4 is 28.7 Å². The molecule has 1 aromatic heterocycles. The molecule has 0 aliphatic heterocycles.